The molecule has 1 unspecified atom stereocenters. The van der Waals surface area contributed by atoms with E-state index in [1.54, 1.807) is 6.07 Å². The number of rotatable bonds is 5. The molecule has 1 aliphatic rings. The first kappa shape index (κ1) is 21.0. The molecule has 1 saturated heterocycles. The summed E-state index contributed by atoms with van der Waals surface area (Å²) in [7, 11) is 2.21. The molecule has 0 spiro atoms. The number of likely N-dealkylation sites (N-methyl/N-ethyl adjacent to an activating group) is 1. The Bertz CT molecular complexity index is 453. The van der Waals surface area contributed by atoms with Crippen LogP contribution >= 0.6 is 0 Å². The SMILES string of the molecule is CCC1(c2cccc(O)c2)CCCCN(C)C1.CCN(CC)CC. The maximum Gasteiger partial charge on any atom is 0.115 e. The Morgan fingerprint density at radius 1 is 1.08 bits per heavy atom. The Kier molecular flexibility index (Phi) is 9.38. The minimum Gasteiger partial charge on any atom is -0.508 e. The Balaban J connectivity index is 0.000000351. The Morgan fingerprint density at radius 3 is 2.25 bits per heavy atom. The molecule has 1 aromatic rings. The number of nitrogens with zero attached hydrogens (tertiary/aromatic N) is 2. The summed E-state index contributed by atoms with van der Waals surface area (Å²) >= 11 is 0. The predicted molar refractivity (Wildman–Crippen MR) is 105 cm³/mol. The highest BCUT2D eigenvalue weighted by atomic mass is 16.3. The van der Waals surface area contributed by atoms with Crippen molar-refractivity contribution >= 4 is 0 Å². The highest BCUT2D eigenvalue weighted by Gasteiger charge is 2.33. The van der Waals surface area contributed by atoms with Crippen LogP contribution in [0.3, 0.4) is 0 Å². The van der Waals surface area contributed by atoms with E-state index in [1.165, 1.54) is 51.0 Å². The van der Waals surface area contributed by atoms with Gasteiger partial charge in [0.2, 0.25) is 0 Å². The van der Waals surface area contributed by atoms with Crippen molar-refractivity contribution in [2.75, 3.05) is 39.8 Å². The van der Waals surface area contributed by atoms with Gasteiger partial charge in [-0.15, -0.1) is 0 Å². The molecule has 1 atom stereocenters. The number of likely N-dealkylation sites (tertiary alicyclic amines) is 1. The van der Waals surface area contributed by atoms with Crippen LogP contribution in [0.2, 0.25) is 0 Å². The van der Waals surface area contributed by atoms with Crippen molar-refractivity contribution in [2.24, 2.45) is 0 Å². The first-order chi connectivity index (χ1) is 11.5. The molecule has 138 valence electrons. The monoisotopic (exact) mass is 334 g/mol. The van der Waals surface area contributed by atoms with Crippen LogP contribution in [0, 0.1) is 0 Å². The quantitative estimate of drug-likeness (QED) is 0.858. The van der Waals surface area contributed by atoms with Crippen molar-refractivity contribution in [2.45, 2.75) is 58.8 Å². The number of phenols is 1. The van der Waals surface area contributed by atoms with E-state index in [1.807, 2.05) is 12.1 Å². The lowest BCUT2D eigenvalue weighted by Crippen LogP contribution is -2.37. The fourth-order valence-corrected chi connectivity index (χ4v) is 3.75. The molecule has 1 fully saturated rings. The van der Waals surface area contributed by atoms with Gasteiger partial charge in [0.1, 0.15) is 5.75 Å². The predicted octanol–water partition coefficient (Wildman–Crippen LogP) is 4.50. The van der Waals surface area contributed by atoms with Gasteiger partial charge >= 0.3 is 0 Å². The summed E-state index contributed by atoms with van der Waals surface area (Å²) < 4.78 is 0. The summed E-state index contributed by atoms with van der Waals surface area (Å²) in [6.45, 7) is 14.7. The zero-order valence-electron chi connectivity index (χ0n) is 16.5. The number of aromatic hydroxyl groups is 1. The van der Waals surface area contributed by atoms with Crippen molar-refractivity contribution in [1.29, 1.82) is 0 Å². The zero-order chi connectivity index (χ0) is 18.0. The summed E-state index contributed by atoms with van der Waals surface area (Å²) in [6.07, 6.45) is 4.95. The minimum atomic E-state index is 0.226. The van der Waals surface area contributed by atoms with E-state index < -0.39 is 0 Å². The maximum atomic E-state index is 9.68. The van der Waals surface area contributed by atoms with Crippen LogP contribution in [0.25, 0.3) is 0 Å². The third-order valence-electron chi connectivity index (χ3n) is 5.49. The van der Waals surface area contributed by atoms with Gasteiger partial charge in [-0.2, -0.15) is 0 Å². The van der Waals surface area contributed by atoms with Gasteiger partial charge in [-0.1, -0.05) is 46.2 Å². The lowest BCUT2D eigenvalue weighted by atomic mass is 9.74. The van der Waals surface area contributed by atoms with E-state index in [9.17, 15) is 5.11 Å². The molecule has 24 heavy (non-hydrogen) atoms. The smallest absolute Gasteiger partial charge is 0.115 e. The second kappa shape index (κ2) is 10.7. The van der Waals surface area contributed by atoms with Crippen LogP contribution in [0.15, 0.2) is 24.3 Å². The fraction of sp³-hybridized carbons (Fsp3) is 0.714. The summed E-state index contributed by atoms with van der Waals surface area (Å²) in [4.78, 5) is 4.81. The van der Waals surface area contributed by atoms with Crippen molar-refractivity contribution in [3.05, 3.63) is 29.8 Å². The van der Waals surface area contributed by atoms with Crippen LogP contribution in [0.4, 0.5) is 0 Å². The molecular weight excluding hydrogens is 296 g/mol. The van der Waals surface area contributed by atoms with Crippen LogP contribution < -0.4 is 0 Å². The topological polar surface area (TPSA) is 26.7 Å². The molecule has 3 nitrogen and oxygen atoms in total. The molecule has 1 heterocycles. The average Bonchev–Trinajstić information content (AvgIpc) is 2.79. The maximum absolute atomic E-state index is 9.68. The normalized spacial score (nSPS) is 21.9. The highest BCUT2D eigenvalue weighted by Crippen LogP contribution is 2.37. The van der Waals surface area contributed by atoms with Gasteiger partial charge in [-0.3, -0.25) is 0 Å². The van der Waals surface area contributed by atoms with Gasteiger partial charge in [0.25, 0.3) is 0 Å². The molecule has 0 aliphatic carbocycles. The van der Waals surface area contributed by atoms with Gasteiger partial charge in [-0.25, -0.2) is 0 Å². The number of hydrogen-bond acceptors (Lipinski definition) is 3. The zero-order valence-corrected chi connectivity index (χ0v) is 16.5. The van der Waals surface area contributed by atoms with Crippen molar-refractivity contribution in [3.63, 3.8) is 0 Å². The second-order valence-electron chi connectivity index (χ2n) is 7.00. The van der Waals surface area contributed by atoms with Crippen molar-refractivity contribution in [1.82, 2.24) is 9.80 Å². The number of phenolic OH excluding ortho intramolecular Hbond substituents is 1. The van der Waals surface area contributed by atoms with Crippen molar-refractivity contribution < 1.29 is 5.11 Å². The molecule has 1 aromatic carbocycles. The summed E-state index contributed by atoms with van der Waals surface area (Å²) in [5, 5.41) is 9.68. The second-order valence-corrected chi connectivity index (χ2v) is 7.00. The average molecular weight is 335 g/mol. The van der Waals surface area contributed by atoms with Crippen molar-refractivity contribution in [3.8, 4) is 5.75 Å². The fourth-order valence-electron chi connectivity index (χ4n) is 3.75. The standard InChI is InChI=1S/C15H23NO.C6H15N/c1-3-15(9-4-5-10-16(2)12-15)13-7-6-8-14(17)11-13;1-4-7(5-2)6-3/h6-8,11,17H,3-5,9-10,12H2,1-2H3;4-6H2,1-3H3. The molecule has 0 aromatic heterocycles. The minimum absolute atomic E-state index is 0.226. The number of hydrogen-bond donors (Lipinski definition) is 1. The first-order valence-electron chi connectivity index (χ1n) is 9.71. The summed E-state index contributed by atoms with van der Waals surface area (Å²) in [5.74, 6) is 0.391. The van der Waals surface area contributed by atoms with Crippen LogP contribution in [0.5, 0.6) is 5.75 Å². The first-order valence-corrected chi connectivity index (χ1v) is 9.71. The van der Waals surface area contributed by atoms with Crippen LogP contribution in [-0.4, -0.2) is 54.7 Å². The van der Waals surface area contributed by atoms with E-state index in [0.717, 1.165) is 13.0 Å². The molecule has 0 saturated carbocycles. The summed E-state index contributed by atoms with van der Waals surface area (Å²) in [5.41, 5.74) is 1.53. The third kappa shape index (κ3) is 6.10. The largest absolute Gasteiger partial charge is 0.508 e. The van der Waals surface area contributed by atoms with Gasteiger partial charge in [0.15, 0.2) is 0 Å². The molecular formula is C21H38N2O. The van der Waals surface area contributed by atoms with E-state index >= 15 is 0 Å². The van der Waals surface area contributed by atoms with E-state index in [4.69, 9.17) is 0 Å². The van der Waals surface area contributed by atoms with E-state index in [2.05, 4.69) is 50.6 Å². The van der Waals surface area contributed by atoms with Gasteiger partial charge in [0.05, 0.1) is 0 Å². The number of benzene rings is 1. The van der Waals surface area contributed by atoms with Gasteiger partial charge < -0.3 is 14.9 Å². The molecule has 0 radical (unpaired) electrons. The van der Waals surface area contributed by atoms with Gasteiger partial charge in [-0.05, 0) is 70.2 Å². The Morgan fingerprint density at radius 2 is 1.75 bits per heavy atom. The molecule has 2 rings (SSSR count). The van der Waals surface area contributed by atoms with E-state index in [0.29, 0.717) is 5.75 Å². The molecule has 1 aliphatic heterocycles. The summed E-state index contributed by atoms with van der Waals surface area (Å²) in [6, 6.07) is 7.84. The Labute approximate surface area is 149 Å². The molecule has 1 N–H and O–H groups in total. The molecule has 0 amide bonds. The van der Waals surface area contributed by atoms with Gasteiger partial charge in [0, 0.05) is 12.0 Å². The molecule has 0 bridgehead atoms. The third-order valence-corrected chi connectivity index (χ3v) is 5.49. The Hall–Kier alpha value is -1.06. The van der Waals surface area contributed by atoms with Crippen LogP contribution in [0.1, 0.15) is 58.9 Å². The lowest BCUT2D eigenvalue weighted by Gasteiger charge is -2.35. The highest BCUT2D eigenvalue weighted by molar-refractivity contribution is 5.33. The molecule has 3 heteroatoms. The van der Waals surface area contributed by atoms with Crippen LogP contribution in [-0.2, 0) is 5.41 Å². The lowest BCUT2D eigenvalue weighted by molar-refractivity contribution is 0.256. The van der Waals surface area contributed by atoms with E-state index in [-0.39, 0.29) is 5.41 Å².